The molecule has 1 unspecified atom stereocenters. The lowest BCUT2D eigenvalue weighted by Gasteiger charge is -2.23. The van der Waals surface area contributed by atoms with Crippen molar-refractivity contribution in [1.29, 1.82) is 0 Å². The Labute approximate surface area is 113 Å². The van der Waals surface area contributed by atoms with Crippen molar-refractivity contribution in [3.8, 4) is 0 Å². The fourth-order valence-electron chi connectivity index (χ4n) is 2.04. The molecule has 1 aromatic rings. The fourth-order valence-corrected chi connectivity index (χ4v) is 3.37. The molecule has 1 aromatic carbocycles. The molecule has 0 saturated carbocycles. The van der Waals surface area contributed by atoms with Crippen molar-refractivity contribution in [3.63, 3.8) is 0 Å². The standard InChI is InChI=1S/C13H18N2O3S/c16-13-7-6-12(10-14-13)15-19(17,18)9-8-11-4-2-1-3-5-11/h1-5,12,15H,6-10H2,(H,14,16). The van der Waals surface area contributed by atoms with Gasteiger partial charge >= 0.3 is 0 Å². The largest absolute Gasteiger partial charge is 0.355 e. The highest BCUT2D eigenvalue weighted by Crippen LogP contribution is 2.06. The number of nitrogens with one attached hydrogen (secondary N) is 2. The van der Waals surface area contributed by atoms with E-state index in [-0.39, 0.29) is 17.7 Å². The minimum atomic E-state index is -3.30. The summed E-state index contributed by atoms with van der Waals surface area (Å²) in [6.07, 6.45) is 1.44. The second-order valence-electron chi connectivity index (χ2n) is 4.71. The highest BCUT2D eigenvalue weighted by Gasteiger charge is 2.22. The first-order valence-electron chi connectivity index (χ1n) is 6.36. The monoisotopic (exact) mass is 282 g/mol. The average Bonchev–Trinajstić information content (AvgIpc) is 2.40. The normalized spacial score (nSPS) is 20.0. The highest BCUT2D eigenvalue weighted by atomic mass is 32.2. The van der Waals surface area contributed by atoms with E-state index >= 15 is 0 Å². The Hall–Kier alpha value is -1.40. The second-order valence-corrected chi connectivity index (χ2v) is 6.59. The van der Waals surface area contributed by atoms with Crippen molar-refractivity contribution in [1.82, 2.24) is 10.0 Å². The highest BCUT2D eigenvalue weighted by molar-refractivity contribution is 7.89. The molecule has 6 heteroatoms. The number of amides is 1. The zero-order valence-electron chi connectivity index (χ0n) is 10.6. The number of aryl methyl sites for hydroxylation is 1. The molecule has 0 spiro atoms. The first-order chi connectivity index (χ1) is 9.05. The third-order valence-electron chi connectivity index (χ3n) is 3.11. The third-order valence-corrected chi connectivity index (χ3v) is 4.55. The molecule has 2 rings (SSSR count). The number of hydrogen-bond acceptors (Lipinski definition) is 3. The molecular weight excluding hydrogens is 264 g/mol. The van der Waals surface area contributed by atoms with E-state index < -0.39 is 10.0 Å². The van der Waals surface area contributed by atoms with Crippen molar-refractivity contribution < 1.29 is 13.2 Å². The topological polar surface area (TPSA) is 75.3 Å². The Kier molecular flexibility index (Phi) is 4.55. The van der Waals surface area contributed by atoms with Crippen LogP contribution in [0.25, 0.3) is 0 Å². The minimum Gasteiger partial charge on any atom is -0.355 e. The van der Waals surface area contributed by atoms with Crippen molar-refractivity contribution in [2.24, 2.45) is 0 Å². The summed E-state index contributed by atoms with van der Waals surface area (Å²) in [7, 11) is -3.30. The Balaban J connectivity index is 1.83. The van der Waals surface area contributed by atoms with E-state index in [1.54, 1.807) is 0 Å². The molecule has 1 saturated heterocycles. The quantitative estimate of drug-likeness (QED) is 0.822. The smallest absolute Gasteiger partial charge is 0.220 e. The SMILES string of the molecule is O=C1CCC(NS(=O)(=O)CCc2ccccc2)CN1. The van der Waals surface area contributed by atoms with E-state index in [0.717, 1.165) is 5.56 Å². The molecule has 1 fully saturated rings. The van der Waals surface area contributed by atoms with Gasteiger partial charge in [0.25, 0.3) is 0 Å². The number of benzene rings is 1. The lowest BCUT2D eigenvalue weighted by molar-refractivity contribution is -0.122. The van der Waals surface area contributed by atoms with E-state index in [1.165, 1.54) is 0 Å². The first-order valence-corrected chi connectivity index (χ1v) is 8.01. The molecule has 0 bridgehead atoms. The van der Waals surface area contributed by atoms with Crippen molar-refractivity contribution in [2.75, 3.05) is 12.3 Å². The number of carbonyl (C=O) groups is 1. The molecule has 1 aliphatic rings. The van der Waals surface area contributed by atoms with Crippen LogP contribution < -0.4 is 10.0 Å². The first kappa shape index (κ1) is 14.0. The van der Waals surface area contributed by atoms with Gasteiger partial charge in [-0.05, 0) is 18.4 Å². The lowest BCUT2D eigenvalue weighted by atomic mass is 10.1. The van der Waals surface area contributed by atoms with Crippen LogP contribution in [0, 0.1) is 0 Å². The summed E-state index contributed by atoms with van der Waals surface area (Å²) in [6.45, 7) is 0.378. The molecule has 1 atom stereocenters. The molecule has 104 valence electrons. The summed E-state index contributed by atoms with van der Waals surface area (Å²) in [5.74, 6) is 0.0568. The van der Waals surface area contributed by atoms with E-state index in [0.29, 0.717) is 25.8 Å². The van der Waals surface area contributed by atoms with Crippen LogP contribution in [-0.2, 0) is 21.2 Å². The van der Waals surface area contributed by atoms with Crippen LogP contribution in [0.2, 0.25) is 0 Å². The van der Waals surface area contributed by atoms with Crippen LogP contribution in [0.4, 0.5) is 0 Å². The van der Waals surface area contributed by atoms with Gasteiger partial charge < -0.3 is 5.32 Å². The predicted octanol–water partition coefficient (Wildman–Crippen LogP) is 0.427. The number of rotatable bonds is 5. The van der Waals surface area contributed by atoms with Gasteiger partial charge in [0.05, 0.1) is 5.75 Å². The number of carbonyl (C=O) groups excluding carboxylic acids is 1. The Morgan fingerprint density at radius 3 is 2.63 bits per heavy atom. The van der Waals surface area contributed by atoms with Crippen LogP contribution in [0.5, 0.6) is 0 Å². The summed E-state index contributed by atoms with van der Waals surface area (Å²) in [5, 5.41) is 2.66. The van der Waals surface area contributed by atoms with Gasteiger partial charge in [-0.2, -0.15) is 0 Å². The van der Waals surface area contributed by atoms with Crippen molar-refractivity contribution >= 4 is 15.9 Å². The van der Waals surface area contributed by atoms with E-state index in [4.69, 9.17) is 0 Å². The van der Waals surface area contributed by atoms with Crippen LogP contribution in [0.3, 0.4) is 0 Å². The number of sulfonamides is 1. The van der Waals surface area contributed by atoms with Crippen LogP contribution in [0.15, 0.2) is 30.3 Å². The Morgan fingerprint density at radius 2 is 2.00 bits per heavy atom. The molecule has 0 radical (unpaired) electrons. The zero-order chi connectivity index (χ0) is 13.7. The summed E-state index contributed by atoms with van der Waals surface area (Å²) >= 11 is 0. The van der Waals surface area contributed by atoms with Gasteiger partial charge in [-0.3, -0.25) is 4.79 Å². The number of piperidine rings is 1. The molecule has 19 heavy (non-hydrogen) atoms. The van der Waals surface area contributed by atoms with Crippen molar-refractivity contribution in [2.45, 2.75) is 25.3 Å². The van der Waals surface area contributed by atoms with Crippen LogP contribution in [-0.4, -0.2) is 32.7 Å². The Morgan fingerprint density at radius 1 is 1.26 bits per heavy atom. The maximum atomic E-state index is 11.9. The summed E-state index contributed by atoms with van der Waals surface area (Å²) in [6, 6.07) is 9.34. The number of hydrogen-bond donors (Lipinski definition) is 2. The summed E-state index contributed by atoms with van der Waals surface area (Å²) in [5.41, 5.74) is 1.00. The van der Waals surface area contributed by atoms with Gasteiger partial charge in [0.1, 0.15) is 0 Å². The van der Waals surface area contributed by atoms with Gasteiger partial charge in [0.2, 0.25) is 15.9 Å². The van der Waals surface area contributed by atoms with Gasteiger partial charge in [-0.1, -0.05) is 30.3 Å². The molecule has 5 nitrogen and oxygen atoms in total. The van der Waals surface area contributed by atoms with Crippen LogP contribution >= 0.6 is 0 Å². The van der Waals surface area contributed by atoms with Gasteiger partial charge in [0.15, 0.2) is 0 Å². The maximum absolute atomic E-state index is 11.9. The van der Waals surface area contributed by atoms with Gasteiger partial charge in [-0.25, -0.2) is 13.1 Å². The Bertz CT molecular complexity index is 518. The predicted molar refractivity (Wildman–Crippen MR) is 73.1 cm³/mol. The van der Waals surface area contributed by atoms with E-state index in [9.17, 15) is 13.2 Å². The molecule has 2 N–H and O–H groups in total. The van der Waals surface area contributed by atoms with Crippen molar-refractivity contribution in [3.05, 3.63) is 35.9 Å². The molecule has 1 aliphatic heterocycles. The molecule has 0 aromatic heterocycles. The molecule has 1 amide bonds. The summed E-state index contributed by atoms with van der Waals surface area (Å²) < 4.78 is 26.5. The van der Waals surface area contributed by atoms with Gasteiger partial charge in [-0.15, -0.1) is 0 Å². The minimum absolute atomic E-state index is 0.0141. The van der Waals surface area contributed by atoms with Crippen LogP contribution in [0.1, 0.15) is 18.4 Å². The lowest BCUT2D eigenvalue weighted by Crippen LogP contribution is -2.48. The summed E-state index contributed by atoms with van der Waals surface area (Å²) in [4.78, 5) is 11.0. The average molecular weight is 282 g/mol. The maximum Gasteiger partial charge on any atom is 0.220 e. The van der Waals surface area contributed by atoms with Gasteiger partial charge in [0, 0.05) is 19.0 Å². The second kappa shape index (κ2) is 6.16. The van der Waals surface area contributed by atoms with E-state index in [2.05, 4.69) is 10.0 Å². The van der Waals surface area contributed by atoms with E-state index in [1.807, 2.05) is 30.3 Å². The molecule has 1 heterocycles. The third kappa shape index (κ3) is 4.65. The fraction of sp³-hybridized carbons (Fsp3) is 0.462. The molecule has 0 aliphatic carbocycles. The zero-order valence-corrected chi connectivity index (χ0v) is 11.4. The molecular formula is C13H18N2O3S.